The maximum Gasteiger partial charge on any atom is 0.0725 e. The van der Waals surface area contributed by atoms with Crippen LogP contribution < -0.4 is 4.90 Å². The molecule has 290 valence electrons. The number of hydrogen-bond acceptors (Lipinski definition) is 1. The highest BCUT2D eigenvalue weighted by atomic mass is 15.1. The Morgan fingerprint density at radius 1 is 0.210 bits per heavy atom. The van der Waals surface area contributed by atoms with E-state index in [1.165, 1.54) is 89.0 Å². The minimum atomic E-state index is -0.479. The molecule has 62 heavy (non-hydrogen) atoms. The van der Waals surface area contributed by atoms with Gasteiger partial charge in [-0.15, -0.1) is 0 Å². The first-order chi connectivity index (χ1) is 30.8. The largest absolute Gasteiger partial charge is 0.311 e. The van der Waals surface area contributed by atoms with Crippen LogP contribution in [-0.4, -0.2) is 0 Å². The summed E-state index contributed by atoms with van der Waals surface area (Å²) in [6.07, 6.45) is 0. The van der Waals surface area contributed by atoms with E-state index < -0.39 is 5.41 Å². The van der Waals surface area contributed by atoms with Gasteiger partial charge in [0.15, 0.2) is 0 Å². The Morgan fingerprint density at radius 3 is 0.919 bits per heavy atom. The molecule has 0 saturated heterocycles. The lowest BCUT2D eigenvalue weighted by Gasteiger charge is -2.35. The summed E-state index contributed by atoms with van der Waals surface area (Å²) in [5.74, 6) is 0. The fraction of sp³-hybridized carbons (Fsp3) is 0.0164. The molecular formula is C61H41N. The van der Waals surface area contributed by atoms with E-state index in [-0.39, 0.29) is 0 Å². The Hall–Kier alpha value is -8.00. The zero-order valence-corrected chi connectivity index (χ0v) is 34.1. The maximum atomic E-state index is 2.43. The summed E-state index contributed by atoms with van der Waals surface area (Å²) in [7, 11) is 0. The van der Waals surface area contributed by atoms with E-state index in [2.05, 4.69) is 254 Å². The van der Waals surface area contributed by atoms with Crippen LogP contribution in [0.2, 0.25) is 0 Å². The Morgan fingerprint density at radius 2 is 0.500 bits per heavy atom. The molecule has 0 N–H and O–H groups in total. The average molecular weight is 788 g/mol. The Labute approximate surface area is 363 Å². The first-order valence-corrected chi connectivity index (χ1v) is 21.5. The van der Waals surface area contributed by atoms with Gasteiger partial charge in [0.05, 0.1) is 5.41 Å². The van der Waals surface area contributed by atoms with Crippen molar-refractivity contribution in [3.8, 4) is 66.8 Å². The van der Waals surface area contributed by atoms with E-state index in [9.17, 15) is 0 Å². The molecule has 0 heterocycles. The second-order valence-corrected chi connectivity index (χ2v) is 16.4. The summed E-state index contributed by atoms with van der Waals surface area (Å²) in [5.41, 5.74) is 23.1. The second-order valence-electron chi connectivity index (χ2n) is 16.4. The fourth-order valence-electron chi connectivity index (χ4n) is 10.3. The van der Waals surface area contributed by atoms with Crippen LogP contribution in [0.4, 0.5) is 17.1 Å². The van der Waals surface area contributed by atoms with Crippen LogP contribution in [0.3, 0.4) is 0 Å². The van der Waals surface area contributed by atoms with Crippen molar-refractivity contribution < 1.29 is 0 Å². The molecule has 0 saturated carbocycles. The van der Waals surface area contributed by atoms with Gasteiger partial charge in [0.1, 0.15) is 0 Å². The zero-order valence-electron chi connectivity index (χ0n) is 34.1. The molecule has 2 aliphatic carbocycles. The molecule has 0 aliphatic heterocycles. The number of rotatable bonds is 6. The third-order valence-electron chi connectivity index (χ3n) is 13.1. The van der Waals surface area contributed by atoms with Crippen molar-refractivity contribution in [3.63, 3.8) is 0 Å². The Balaban J connectivity index is 0.970. The number of nitrogens with zero attached hydrogens (tertiary/aromatic N) is 1. The summed E-state index contributed by atoms with van der Waals surface area (Å²) >= 11 is 0. The van der Waals surface area contributed by atoms with Gasteiger partial charge >= 0.3 is 0 Å². The van der Waals surface area contributed by atoms with E-state index in [4.69, 9.17) is 0 Å². The van der Waals surface area contributed by atoms with Gasteiger partial charge in [-0.3, -0.25) is 0 Å². The van der Waals surface area contributed by atoms with E-state index in [1.807, 2.05) is 0 Å². The highest BCUT2D eigenvalue weighted by Crippen LogP contribution is 2.61. The molecule has 0 unspecified atom stereocenters. The fourth-order valence-corrected chi connectivity index (χ4v) is 10.3. The molecule has 2 aliphatic rings. The third kappa shape index (κ3) is 5.63. The van der Waals surface area contributed by atoms with Gasteiger partial charge in [0.2, 0.25) is 0 Å². The summed E-state index contributed by atoms with van der Waals surface area (Å²) in [6.45, 7) is 0. The highest BCUT2D eigenvalue weighted by molar-refractivity contribution is 5.98. The second kappa shape index (κ2) is 14.6. The molecule has 0 amide bonds. The monoisotopic (exact) mass is 787 g/mol. The van der Waals surface area contributed by atoms with Gasteiger partial charge in [-0.05, 0) is 131 Å². The smallest absolute Gasteiger partial charge is 0.0725 e. The lowest BCUT2D eigenvalue weighted by molar-refractivity contribution is 0.775. The molecule has 0 aromatic heterocycles. The summed E-state index contributed by atoms with van der Waals surface area (Å²) < 4.78 is 0. The van der Waals surface area contributed by atoms with Gasteiger partial charge < -0.3 is 4.90 Å². The Bertz CT molecular complexity index is 3100. The van der Waals surface area contributed by atoms with E-state index in [0.29, 0.717) is 0 Å². The molecule has 0 atom stereocenters. The van der Waals surface area contributed by atoms with Crippen LogP contribution in [0.5, 0.6) is 0 Å². The highest BCUT2D eigenvalue weighted by Gasteiger charge is 2.49. The average Bonchev–Trinajstić information content (AvgIpc) is 3.59. The van der Waals surface area contributed by atoms with Gasteiger partial charge in [-0.2, -0.15) is 0 Å². The van der Waals surface area contributed by atoms with Crippen molar-refractivity contribution in [2.45, 2.75) is 5.41 Å². The SMILES string of the molecule is c1ccc(-c2ccc(N(c3ccc(-c4ccccc4)cc3)c3ccc(-c4ccc5c(c4)-c4ccccc4C54c5ccccc5-c5ccccc5-c5ccccc54)cc3)cc2)cc1. The molecule has 10 aromatic rings. The van der Waals surface area contributed by atoms with Crippen LogP contribution in [0.1, 0.15) is 22.3 Å². The molecule has 0 bridgehead atoms. The van der Waals surface area contributed by atoms with Gasteiger partial charge in [-0.25, -0.2) is 0 Å². The van der Waals surface area contributed by atoms with Crippen LogP contribution in [-0.2, 0) is 5.41 Å². The number of fused-ring (bicyclic) bond motifs is 12. The molecule has 12 rings (SSSR count). The molecule has 0 radical (unpaired) electrons. The first kappa shape index (κ1) is 35.9. The number of benzene rings is 10. The molecule has 1 nitrogen and oxygen atoms in total. The van der Waals surface area contributed by atoms with Crippen molar-refractivity contribution in [3.05, 3.63) is 271 Å². The van der Waals surface area contributed by atoms with Gasteiger partial charge in [-0.1, -0.05) is 206 Å². The van der Waals surface area contributed by atoms with E-state index in [0.717, 1.165) is 17.1 Å². The van der Waals surface area contributed by atoms with Crippen LogP contribution in [0.25, 0.3) is 66.8 Å². The molecule has 0 fully saturated rings. The summed E-state index contributed by atoms with van der Waals surface area (Å²) in [4.78, 5) is 2.36. The Kier molecular flexibility index (Phi) is 8.47. The number of anilines is 3. The topological polar surface area (TPSA) is 3.24 Å². The van der Waals surface area contributed by atoms with Crippen molar-refractivity contribution in [1.82, 2.24) is 0 Å². The zero-order chi connectivity index (χ0) is 41.0. The normalized spacial score (nSPS) is 12.6. The van der Waals surface area contributed by atoms with Crippen molar-refractivity contribution in [2.75, 3.05) is 4.90 Å². The van der Waals surface area contributed by atoms with Crippen molar-refractivity contribution in [2.24, 2.45) is 0 Å². The summed E-state index contributed by atoms with van der Waals surface area (Å²) in [6, 6.07) is 91.5. The third-order valence-corrected chi connectivity index (χ3v) is 13.1. The molecule has 10 aromatic carbocycles. The number of hydrogen-bond donors (Lipinski definition) is 0. The predicted octanol–water partition coefficient (Wildman–Crippen LogP) is 16.2. The quantitative estimate of drug-likeness (QED) is 0.162. The van der Waals surface area contributed by atoms with Crippen LogP contribution in [0.15, 0.2) is 249 Å². The standard InChI is InChI=1S/C61H41N/c1-3-15-42(16-4-1)44-27-34-48(35-28-44)62(49-36-29-45(30-37-49)43-17-5-2-6-18-43)50-38-31-46(32-39-50)47-33-40-60-56(41-47)55-23-11-14-26-59(55)61(60)57-24-12-9-21-53(57)51-19-7-8-20-52(51)54-22-10-13-25-58(54)61/h1-41H. The van der Waals surface area contributed by atoms with Gasteiger partial charge in [0.25, 0.3) is 0 Å². The van der Waals surface area contributed by atoms with Crippen molar-refractivity contribution >= 4 is 17.1 Å². The summed E-state index contributed by atoms with van der Waals surface area (Å²) in [5, 5.41) is 0. The minimum Gasteiger partial charge on any atom is -0.311 e. The first-order valence-electron chi connectivity index (χ1n) is 21.5. The molecular weight excluding hydrogens is 747 g/mol. The lowest BCUT2D eigenvalue weighted by atomic mass is 9.66. The predicted molar refractivity (Wildman–Crippen MR) is 259 cm³/mol. The van der Waals surface area contributed by atoms with Crippen LogP contribution in [0, 0.1) is 0 Å². The maximum absolute atomic E-state index is 2.43. The van der Waals surface area contributed by atoms with E-state index in [1.54, 1.807) is 0 Å². The van der Waals surface area contributed by atoms with E-state index >= 15 is 0 Å². The lowest BCUT2D eigenvalue weighted by Crippen LogP contribution is -2.29. The molecule has 1 heteroatoms. The van der Waals surface area contributed by atoms with Crippen molar-refractivity contribution in [1.29, 1.82) is 0 Å². The van der Waals surface area contributed by atoms with Gasteiger partial charge in [0, 0.05) is 17.1 Å². The minimum absolute atomic E-state index is 0.479. The molecule has 1 spiro atoms. The van der Waals surface area contributed by atoms with Crippen LogP contribution >= 0.6 is 0 Å².